The van der Waals surface area contributed by atoms with Gasteiger partial charge in [0.25, 0.3) is 5.91 Å². The number of carbonyl (C=O) groups is 1. The van der Waals surface area contributed by atoms with E-state index in [-0.39, 0.29) is 5.91 Å². The third kappa shape index (κ3) is 3.07. The van der Waals surface area contributed by atoms with Gasteiger partial charge in [-0.25, -0.2) is 0 Å². The number of aryl methyl sites for hydroxylation is 1. The van der Waals surface area contributed by atoms with Gasteiger partial charge in [0.1, 0.15) is 0 Å². The molecule has 19 heavy (non-hydrogen) atoms. The topological polar surface area (TPSA) is 49.6 Å². The third-order valence-corrected chi connectivity index (χ3v) is 3.82. The fourth-order valence-electron chi connectivity index (χ4n) is 2.48. The number of hydrogen-bond donors (Lipinski definition) is 1. The molecular formula is C15H23N3O. The molecule has 0 bridgehead atoms. The van der Waals surface area contributed by atoms with Gasteiger partial charge in [0.05, 0.1) is 0 Å². The maximum Gasteiger partial charge on any atom is 0.254 e. The summed E-state index contributed by atoms with van der Waals surface area (Å²) in [6.45, 7) is 9.84. The number of piperazine rings is 1. The molecule has 0 spiro atoms. The Bertz CT molecular complexity index is 462. The number of nitrogens with zero attached hydrogens (tertiary/aromatic N) is 2. The molecule has 0 unspecified atom stereocenters. The molecule has 1 aromatic carbocycles. The first kappa shape index (κ1) is 13.9. The third-order valence-electron chi connectivity index (χ3n) is 3.82. The first-order chi connectivity index (χ1) is 8.99. The molecule has 4 heteroatoms. The molecule has 1 heterocycles. The van der Waals surface area contributed by atoms with Gasteiger partial charge in [-0.2, -0.15) is 0 Å². The summed E-state index contributed by atoms with van der Waals surface area (Å²) in [5.41, 5.74) is 8.15. The standard InChI is InChI=1S/C15H23N3O/c1-11(2)17-6-8-18(9-7-17)15(19)14-10-13(16)5-4-12(14)3/h4-5,10-11H,6-9,16H2,1-3H3. The Morgan fingerprint density at radius 3 is 2.42 bits per heavy atom. The van der Waals surface area contributed by atoms with E-state index in [1.54, 1.807) is 6.07 Å². The predicted molar refractivity (Wildman–Crippen MR) is 78.2 cm³/mol. The minimum atomic E-state index is 0.105. The van der Waals surface area contributed by atoms with E-state index < -0.39 is 0 Å². The quantitative estimate of drug-likeness (QED) is 0.825. The lowest BCUT2D eigenvalue weighted by Gasteiger charge is -2.37. The van der Waals surface area contributed by atoms with Gasteiger partial charge in [-0.1, -0.05) is 6.07 Å². The summed E-state index contributed by atoms with van der Waals surface area (Å²) < 4.78 is 0. The highest BCUT2D eigenvalue weighted by Gasteiger charge is 2.24. The molecule has 2 N–H and O–H groups in total. The molecule has 0 saturated carbocycles. The van der Waals surface area contributed by atoms with Crippen molar-refractivity contribution in [3.05, 3.63) is 29.3 Å². The van der Waals surface area contributed by atoms with E-state index in [1.165, 1.54) is 0 Å². The molecule has 1 aliphatic rings. The van der Waals surface area contributed by atoms with Gasteiger partial charge in [-0.3, -0.25) is 9.69 Å². The molecule has 0 aromatic heterocycles. The van der Waals surface area contributed by atoms with Gasteiger partial charge in [-0.05, 0) is 38.5 Å². The zero-order valence-corrected chi connectivity index (χ0v) is 12.0. The van der Waals surface area contributed by atoms with Crippen molar-refractivity contribution in [1.29, 1.82) is 0 Å². The lowest BCUT2D eigenvalue weighted by atomic mass is 10.1. The first-order valence-corrected chi connectivity index (χ1v) is 6.88. The highest BCUT2D eigenvalue weighted by molar-refractivity contribution is 5.96. The molecule has 0 aliphatic carbocycles. The Kier molecular flexibility index (Phi) is 4.10. The Morgan fingerprint density at radius 1 is 1.21 bits per heavy atom. The molecule has 104 valence electrons. The van der Waals surface area contributed by atoms with Crippen molar-refractivity contribution in [2.45, 2.75) is 26.8 Å². The first-order valence-electron chi connectivity index (χ1n) is 6.88. The van der Waals surface area contributed by atoms with Crippen LogP contribution in [-0.4, -0.2) is 47.9 Å². The van der Waals surface area contributed by atoms with E-state index in [0.717, 1.165) is 37.3 Å². The van der Waals surface area contributed by atoms with Gasteiger partial charge in [0.2, 0.25) is 0 Å². The monoisotopic (exact) mass is 261 g/mol. The highest BCUT2D eigenvalue weighted by Crippen LogP contribution is 2.16. The normalized spacial score (nSPS) is 16.9. The Labute approximate surface area is 115 Å². The number of rotatable bonds is 2. The van der Waals surface area contributed by atoms with Crippen molar-refractivity contribution in [3.63, 3.8) is 0 Å². The van der Waals surface area contributed by atoms with Crippen molar-refractivity contribution in [1.82, 2.24) is 9.80 Å². The number of carbonyl (C=O) groups excluding carboxylic acids is 1. The molecule has 0 atom stereocenters. The summed E-state index contributed by atoms with van der Waals surface area (Å²) in [5, 5.41) is 0. The van der Waals surface area contributed by atoms with Crippen LogP contribution in [0.25, 0.3) is 0 Å². The number of hydrogen-bond acceptors (Lipinski definition) is 3. The minimum absolute atomic E-state index is 0.105. The lowest BCUT2D eigenvalue weighted by Crippen LogP contribution is -2.50. The largest absolute Gasteiger partial charge is 0.399 e. The van der Waals surface area contributed by atoms with Gasteiger partial charge >= 0.3 is 0 Å². The number of anilines is 1. The van der Waals surface area contributed by atoms with Gasteiger partial charge in [0.15, 0.2) is 0 Å². The van der Waals surface area contributed by atoms with Crippen molar-refractivity contribution < 1.29 is 4.79 Å². The van der Waals surface area contributed by atoms with Crippen LogP contribution >= 0.6 is 0 Å². The Hall–Kier alpha value is -1.55. The fourth-order valence-corrected chi connectivity index (χ4v) is 2.48. The van der Waals surface area contributed by atoms with E-state index in [4.69, 9.17) is 5.73 Å². The van der Waals surface area contributed by atoms with Crippen LogP contribution in [0.1, 0.15) is 29.8 Å². The van der Waals surface area contributed by atoms with Gasteiger partial charge in [0, 0.05) is 43.5 Å². The second kappa shape index (κ2) is 5.61. The van der Waals surface area contributed by atoms with E-state index in [2.05, 4.69) is 18.7 Å². The van der Waals surface area contributed by atoms with E-state index in [9.17, 15) is 4.79 Å². The average molecular weight is 261 g/mol. The maximum absolute atomic E-state index is 12.5. The summed E-state index contributed by atoms with van der Waals surface area (Å²) >= 11 is 0. The summed E-state index contributed by atoms with van der Waals surface area (Å²) in [5.74, 6) is 0.105. The summed E-state index contributed by atoms with van der Waals surface area (Å²) in [6, 6.07) is 6.08. The van der Waals surface area contributed by atoms with Gasteiger partial charge < -0.3 is 10.6 Å². The fraction of sp³-hybridized carbons (Fsp3) is 0.533. The molecule has 4 nitrogen and oxygen atoms in total. The van der Waals surface area contributed by atoms with Crippen LogP contribution in [0.3, 0.4) is 0 Å². The van der Waals surface area contributed by atoms with E-state index in [1.807, 2.05) is 24.0 Å². The summed E-state index contributed by atoms with van der Waals surface area (Å²) in [4.78, 5) is 16.8. The van der Waals surface area contributed by atoms with Crippen LogP contribution in [0.15, 0.2) is 18.2 Å². The van der Waals surface area contributed by atoms with Gasteiger partial charge in [-0.15, -0.1) is 0 Å². The van der Waals surface area contributed by atoms with Crippen LogP contribution in [0.2, 0.25) is 0 Å². The number of nitrogen functional groups attached to an aromatic ring is 1. The Morgan fingerprint density at radius 2 is 1.84 bits per heavy atom. The van der Waals surface area contributed by atoms with E-state index in [0.29, 0.717) is 11.7 Å². The molecule has 1 fully saturated rings. The van der Waals surface area contributed by atoms with Crippen LogP contribution in [-0.2, 0) is 0 Å². The zero-order valence-electron chi connectivity index (χ0n) is 12.0. The van der Waals surface area contributed by atoms with Crippen LogP contribution < -0.4 is 5.73 Å². The predicted octanol–water partition coefficient (Wildman–Crippen LogP) is 1.74. The van der Waals surface area contributed by atoms with Crippen molar-refractivity contribution >= 4 is 11.6 Å². The molecular weight excluding hydrogens is 238 g/mol. The van der Waals surface area contributed by atoms with Crippen LogP contribution in [0.5, 0.6) is 0 Å². The van der Waals surface area contributed by atoms with Crippen LogP contribution in [0, 0.1) is 6.92 Å². The molecule has 1 aliphatic heterocycles. The molecule has 1 aromatic rings. The highest BCUT2D eigenvalue weighted by atomic mass is 16.2. The second-order valence-electron chi connectivity index (χ2n) is 5.50. The zero-order chi connectivity index (χ0) is 14.0. The van der Waals surface area contributed by atoms with Crippen LogP contribution in [0.4, 0.5) is 5.69 Å². The summed E-state index contributed by atoms with van der Waals surface area (Å²) in [7, 11) is 0. The summed E-state index contributed by atoms with van der Waals surface area (Å²) in [6.07, 6.45) is 0. The SMILES string of the molecule is Cc1ccc(N)cc1C(=O)N1CCN(C(C)C)CC1. The Balaban J connectivity index is 2.07. The molecule has 2 rings (SSSR count). The maximum atomic E-state index is 12.5. The minimum Gasteiger partial charge on any atom is -0.399 e. The average Bonchev–Trinajstić information content (AvgIpc) is 2.41. The smallest absolute Gasteiger partial charge is 0.254 e. The second-order valence-corrected chi connectivity index (χ2v) is 5.50. The van der Waals surface area contributed by atoms with Crippen molar-refractivity contribution in [2.24, 2.45) is 0 Å². The van der Waals surface area contributed by atoms with E-state index >= 15 is 0 Å². The van der Waals surface area contributed by atoms with Crippen molar-refractivity contribution in [3.8, 4) is 0 Å². The molecule has 1 saturated heterocycles. The van der Waals surface area contributed by atoms with Crippen molar-refractivity contribution in [2.75, 3.05) is 31.9 Å². The number of benzene rings is 1. The molecule has 0 radical (unpaired) electrons. The number of nitrogens with two attached hydrogens (primary N) is 1. The lowest BCUT2D eigenvalue weighted by molar-refractivity contribution is 0.0595. The number of amides is 1. The molecule has 1 amide bonds.